The van der Waals surface area contributed by atoms with E-state index in [1.807, 2.05) is 73.0 Å². The van der Waals surface area contributed by atoms with Gasteiger partial charge in [-0.2, -0.15) is 0 Å². The Hall–Kier alpha value is -2.84. The Morgan fingerprint density at radius 2 is 1.54 bits per heavy atom. The van der Waals surface area contributed by atoms with Crippen LogP contribution in [0.5, 0.6) is 0 Å². The zero-order valence-electron chi connectivity index (χ0n) is 18.6. The zero-order valence-corrected chi connectivity index (χ0v) is 21.8. The minimum absolute atomic E-state index is 0.109. The van der Waals surface area contributed by atoms with E-state index in [9.17, 15) is 9.59 Å². The van der Waals surface area contributed by atoms with Crippen LogP contribution >= 0.6 is 46.3 Å². The third-order valence-electron chi connectivity index (χ3n) is 4.97. The topological polar surface area (TPSA) is 71.1 Å². The fourth-order valence-electron chi connectivity index (χ4n) is 3.16. The van der Waals surface area contributed by atoms with Gasteiger partial charge in [0, 0.05) is 31.6 Å². The van der Waals surface area contributed by atoms with Crippen LogP contribution < -0.4 is 10.6 Å². The fourth-order valence-corrected chi connectivity index (χ4v) is 5.00. The second kappa shape index (κ2) is 11.7. The lowest BCUT2D eigenvalue weighted by atomic mass is 10.1. The highest BCUT2D eigenvalue weighted by molar-refractivity contribution is 8.00. The molecule has 178 valence electrons. The number of nitrogens with zero attached hydrogens (tertiary/aromatic N) is 1. The van der Waals surface area contributed by atoms with Crippen LogP contribution in [0.15, 0.2) is 83.1 Å². The number of halogens is 2. The largest absolute Gasteiger partial charge is 0.326 e. The number of nitrogens with one attached hydrogen (secondary N) is 2. The molecule has 1 heterocycles. The maximum absolute atomic E-state index is 12.7. The summed E-state index contributed by atoms with van der Waals surface area (Å²) in [7, 11) is 0. The molecule has 35 heavy (non-hydrogen) atoms. The summed E-state index contributed by atoms with van der Waals surface area (Å²) < 4.78 is 0. The number of anilines is 2. The van der Waals surface area contributed by atoms with Gasteiger partial charge in [0.15, 0.2) is 5.13 Å². The van der Waals surface area contributed by atoms with E-state index >= 15 is 0 Å². The third-order valence-corrected chi connectivity index (χ3v) is 7.35. The number of carbonyl (C=O) groups is 2. The predicted octanol–water partition coefficient (Wildman–Crippen LogP) is 7.42. The van der Waals surface area contributed by atoms with Crippen LogP contribution in [0, 0.1) is 0 Å². The van der Waals surface area contributed by atoms with Crippen LogP contribution in [-0.2, 0) is 16.0 Å². The minimum Gasteiger partial charge on any atom is -0.326 e. The molecular formula is C26H21Cl2N3O2S2. The molecule has 0 saturated carbocycles. The molecule has 0 aliphatic carbocycles. The highest BCUT2D eigenvalue weighted by Crippen LogP contribution is 2.28. The van der Waals surface area contributed by atoms with Gasteiger partial charge in [-0.15, -0.1) is 23.1 Å². The van der Waals surface area contributed by atoms with Crippen molar-refractivity contribution in [1.82, 2.24) is 4.98 Å². The number of amides is 2. The number of benzene rings is 3. The average molecular weight is 543 g/mol. The summed E-state index contributed by atoms with van der Waals surface area (Å²) in [6.07, 6.45) is 0.265. The van der Waals surface area contributed by atoms with Crippen LogP contribution in [0.25, 0.3) is 11.3 Å². The molecule has 0 saturated heterocycles. The highest BCUT2D eigenvalue weighted by atomic mass is 35.5. The van der Waals surface area contributed by atoms with E-state index in [0.717, 1.165) is 21.7 Å². The summed E-state index contributed by atoms with van der Waals surface area (Å²) in [5.41, 5.74) is 3.31. The van der Waals surface area contributed by atoms with E-state index in [0.29, 0.717) is 20.9 Å². The molecule has 0 aliphatic heterocycles. The van der Waals surface area contributed by atoms with Gasteiger partial charge in [0.25, 0.3) is 0 Å². The number of carbonyl (C=O) groups excluding carboxylic acids is 2. The van der Waals surface area contributed by atoms with Crippen LogP contribution in [0.2, 0.25) is 10.0 Å². The van der Waals surface area contributed by atoms with Crippen LogP contribution in [0.3, 0.4) is 0 Å². The number of thiazole rings is 1. The van der Waals surface area contributed by atoms with Gasteiger partial charge in [-0.1, -0.05) is 47.5 Å². The van der Waals surface area contributed by atoms with Crippen molar-refractivity contribution >= 4 is 68.9 Å². The SMILES string of the molecule is CC(Sc1ccc(NC(=O)Cc2ccc(Cl)cc2)cc1)C(=O)Nc1nc(-c2ccc(Cl)cc2)cs1. The first-order chi connectivity index (χ1) is 16.9. The summed E-state index contributed by atoms with van der Waals surface area (Å²) in [5, 5.41) is 9.19. The average Bonchev–Trinajstić information content (AvgIpc) is 3.30. The molecule has 0 aliphatic rings. The Morgan fingerprint density at radius 3 is 2.20 bits per heavy atom. The summed E-state index contributed by atoms with van der Waals surface area (Å²) >= 11 is 14.6. The van der Waals surface area contributed by atoms with Crippen LogP contribution in [0.4, 0.5) is 10.8 Å². The van der Waals surface area contributed by atoms with Gasteiger partial charge in [-0.25, -0.2) is 4.98 Å². The van der Waals surface area contributed by atoms with Gasteiger partial charge in [0.05, 0.1) is 17.4 Å². The number of hydrogen-bond donors (Lipinski definition) is 2. The maximum Gasteiger partial charge on any atom is 0.239 e. The molecule has 5 nitrogen and oxygen atoms in total. The summed E-state index contributed by atoms with van der Waals surface area (Å²) in [6.45, 7) is 1.84. The monoisotopic (exact) mass is 541 g/mol. The fraction of sp³-hybridized carbons (Fsp3) is 0.115. The quantitative estimate of drug-likeness (QED) is 0.227. The standard InChI is InChI=1S/C26H21Cl2N3O2S2/c1-16(25(33)31-26-30-23(15-34-26)18-4-8-20(28)9-5-18)35-22-12-10-21(11-13-22)29-24(32)14-17-2-6-19(27)7-3-17/h2-13,15-16H,14H2,1H3,(H,29,32)(H,30,31,33). The Labute approximate surface area is 221 Å². The minimum atomic E-state index is -0.330. The third kappa shape index (κ3) is 7.32. The molecule has 0 bridgehead atoms. The normalized spacial score (nSPS) is 11.6. The molecule has 2 N–H and O–H groups in total. The molecule has 4 aromatic rings. The molecule has 0 radical (unpaired) electrons. The maximum atomic E-state index is 12.7. The molecule has 9 heteroatoms. The molecule has 1 unspecified atom stereocenters. The van der Waals surface area contributed by atoms with Crippen LogP contribution in [-0.4, -0.2) is 22.0 Å². The smallest absolute Gasteiger partial charge is 0.239 e. The second-order valence-electron chi connectivity index (χ2n) is 7.67. The number of aromatic nitrogens is 1. The molecule has 1 atom stereocenters. The molecule has 2 amide bonds. The van der Waals surface area contributed by atoms with Crippen molar-refractivity contribution in [2.24, 2.45) is 0 Å². The number of hydrogen-bond acceptors (Lipinski definition) is 5. The highest BCUT2D eigenvalue weighted by Gasteiger charge is 2.16. The lowest BCUT2D eigenvalue weighted by molar-refractivity contribution is -0.116. The van der Waals surface area contributed by atoms with Gasteiger partial charge in [0.2, 0.25) is 11.8 Å². The Balaban J connectivity index is 1.28. The molecular weight excluding hydrogens is 521 g/mol. The lowest BCUT2D eigenvalue weighted by Gasteiger charge is -2.11. The zero-order chi connectivity index (χ0) is 24.8. The van der Waals surface area contributed by atoms with Crippen molar-refractivity contribution in [2.75, 3.05) is 10.6 Å². The van der Waals surface area contributed by atoms with E-state index in [2.05, 4.69) is 15.6 Å². The molecule has 1 aromatic heterocycles. The molecule has 3 aromatic carbocycles. The van der Waals surface area contributed by atoms with Crippen molar-refractivity contribution in [2.45, 2.75) is 23.5 Å². The second-order valence-corrected chi connectivity index (χ2v) is 10.8. The summed E-state index contributed by atoms with van der Waals surface area (Å²) in [6, 6.07) is 22.0. The van der Waals surface area contributed by atoms with Gasteiger partial charge < -0.3 is 10.6 Å². The van der Waals surface area contributed by atoms with Gasteiger partial charge in [-0.3, -0.25) is 9.59 Å². The van der Waals surface area contributed by atoms with E-state index in [-0.39, 0.29) is 23.5 Å². The lowest BCUT2D eigenvalue weighted by Crippen LogP contribution is -2.22. The van der Waals surface area contributed by atoms with Crippen molar-refractivity contribution in [3.8, 4) is 11.3 Å². The van der Waals surface area contributed by atoms with Crippen molar-refractivity contribution < 1.29 is 9.59 Å². The summed E-state index contributed by atoms with van der Waals surface area (Å²) in [4.78, 5) is 30.4. The number of rotatable bonds is 8. The van der Waals surface area contributed by atoms with E-state index in [1.54, 1.807) is 12.1 Å². The number of thioether (sulfide) groups is 1. The van der Waals surface area contributed by atoms with E-state index < -0.39 is 0 Å². The van der Waals surface area contributed by atoms with E-state index in [4.69, 9.17) is 23.2 Å². The Bertz CT molecular complexity index is 1310. The van der Waals surface area contributed by atoms with E-state index in [1.165, 1.54) is 23.1 Å². The molecule has 4 rings (SSSR count). The van der Waals surface area contributed by atoms with Crippen molar-refractivity contribution in [3.63, 3.8) is 0 Å². The summed E-state index contributed by atoms with van der Waals surface area (Å²) in [5.74, 6) is -0.241. The first-order valence-corrected chi connectivity index (χ1v) is 13.2. The molecule has 0 fully saturated rings. The molecule has 0 spiro atoms. The first-order valence-electron chi connectivity index (χ1n) is 10.7. The Morgan fingerprint density at radius 1 is 0.914 bits per heavy atom. The first kappa shape index (κ1) is 25.3. The van der Waals surface area contributed by atoms with Gasteiger partial charge in [-0.05, 0) is 61.0 Å². The predicted molar refractivity (Wildman–Crippen MR) is 147 cm³/mol. The Kier molecular flexibility index (Phi) is 8.46. The van der Waals surface area contributed by atoms with Gasteiger partial charge in [0.1, 0.15) is 0 Å². The van der Waals surface area contributed by atoms with Gasteiger partial charge >= 0.3 is 0 Å². The van der Waals surface area contributed by atoms with Crippen molar-refractivity contribution in [1.29, 1.82) is 0 Å². The van der Waals surface area contributed by atoms with Crippen LogP contribution in [0.1, 0.15) is 12.5 Å². The van der Waals surface area contributed by atoms with Crippen molar-refractivity contribution in [3.05, 3.63) is 93.8 Å².